The maximum Gasteiger partial charge on any atom is 0.130 e. The van der Waals surface area contributed by atoms with E-state index < -0.39 is 0 Å². The van der Waals surface area contributed by atoms with Crippen molar-refractivity contribution in [2.45, 2.75) is 32.6 Å². The topological polar surface area (TPSA) is 30.0 Å². The van der Waals surface area contributed by atoms with Gasteiger partial charge in [0.25, 0.3) is 0 Å². The second kappa shape index (κ2) is 4.28. The summed E-state index contributed by atoms with van der Waals surface area (Å²) in [6.45, 7) is 5.88. The van der Waals surface area contributed by atoms with E-state index in [1.165, 1.54) is 10.9 Å². The Bertz CT molecular complexity index is 552. The highest BCUT2D eigenvalue weighted by Gasteiger charge is 2.24. The molecule has 0 unspecified atom stereocenters. The van der Waals surface area contributed by atoms with E-state index in [0.717, 1.165) is 5.39 Å². The fourth-order valence-corrected chi connectivity index (χ4v) is 2.43. The van der Waals surface area contributed by atoms with Gasteiger partial charge in [-0.25, -0.2) is 0 Å². The lowest BCUT2D eigenvalue weighted by Crippen LogP contribution is -2.20. The van der Waals surface area contributed by atoms with Crippen molar-refractivity contribution in [1.29, 1.82) is 0 Å². The molecule has 0 N–H and O–H groups in total. The maximum atomic E-state index is 11.4. The number of benzene rings is 1. The number of nitrogens with zero attached hydrogens (tertiary/aromatic N) is 1. The molecule has 17 heavy (non-hydrogen) atoms. The summed E-state index contributed by atoms with van der Waals surface area (Å²) in [5, 5.41) is 2.32. The Balaban J connectivity index is 2.58. The Kier molecular flexibility index (Phi) is 2.97. The van der Waals surface area contributed by atoms with E-state index in [2.05, 4.69) is 31.0 Å². The Labute approximate surface area is 102 Å². The number of hydrogen-bond acceptors (Lipinski definition) is 2. The van der Waals surface area contributed by atoms with E-state index in [4.69, 9.17) is 0 Å². The summed E-state index contributed by atoms with van der Waals surface area (Å²) in [6, 6.07) is 8.20. The van der Waals surface area contributed by atoms with Gasteiger partial charge in [0, 0.05) is 24.2 Å². The van der Waals surface area contributed by atoms with Gasteiger partial charge >= 0.3 is 0 Å². The molecule has 2 rings (SSSR count). The van der Waals surface area contributed by atoms with Gasteiger partial charge < -0.3 is 0 Å². The number of fused-ring (bicyclic) bond motifs is 1. The normalized spacial score (nSPS) is 11.7. The molecule has 0 amide bonds. The molecule has 0 spiro atoms. The molecular formula is C15H17NO. The monoisotopic (exact) mass is 227 g/mol. The maximum absolute atomic E-state index is 11.4. The van der Waals surface area contributed by atoms with E-state index in [0.29, 0.717) is 6.42 Å². The van der Waals surface area contributed by atoms with Crippen LogP contribution in [0.15, 0.2) is 36.7 Å². The first-order valence-corrected chi connectivity index (χ1v) is 5.83. The van der Waals surface area contributed by atoms with Crippen molar-refractivity contribution < 1.29 is 4.79 Å². The van der Waals surface area contributed by atoms with Gasteiger partial charge in [0.15, 0.2) is 0 Å². The molecular weight excluding hydrogens is 210 g/mol. The van der Waals surface area contributed by atoms with Crippen molar-refractivity contribution in [3.05, 3.63) is 42.2 Å². The zero-order valence-corrected chi connectivity index (χ0v) is 10.5. The number of carbonyl (C=O) groups excluding carboxylic acids is 1. The van der Waals surface area contributed by atoms with Gasteiger partial charge in [-0.05, 0) is 29.4 Å². The van der Waals surface area contributed by atoms with Gasteiger partial charge in [-0.3, -0.25) is 9.78 Å². The zero-order valence-electron chi connectivity index (χ0n) is 10.5. The molecule has 0 bridgehead atoms. The fourth-order valence-electron chi connectivity index (χ4n) is 2.43. The van der Waals surface area contributed by atoms with Crippen molar-refractivity contribution in [2.24, 2.45) is 0 Å². The van der Waals surface area contributed by atoms with Gasteiger partial charge in [0.1, 0.15) is 5.78 Å². The number of carbonyl (C=O) groups is 1. The Morgan fingerprint density at radius 3 is 2.76 bits per heavy atom. The molecule has 0 aliphatic carbocycles. The molecule has 1 heterocycles. The average Bonchev–Trinajstić information content (AvgIpc) is 2.26. The number of pyridine rings is 1. The van der Waals surface area contributed by atoms with E-state index >= 15 is 0 Å². The van der Waals surface area contributed by atoms with Crippen molar-refractivity contribution in [1.82, 2.24) is 4.98 Å². The van der Waals surface area contributed by atoms with Crippen molar-refractivity contribution >= 4 is 16.6 Å². The third kappa shape index (κ3) is 2.36. The van der Waals surface area contributed by atoms with Gasteiger partial charge in [-0.2, -0.15) is 0 Å². The van der Waals surface area contributed by atoms with Crippen LogP contribution in [-0.2, 0) is 10.2 Å². The van der Waals surface area contributed by atoms with Crippen molar-refractivity contribution in [2.75, 3.05) is 0 Å². The second-order valence-corrected chi connectivity index (χ2v) is 5.17. The van der Waals surface area contributed by atoms with E-state index in [-0.39, 0.29) is 11.2 Å². The highest BCUT2D eigenvalue weighted by Crippen LogP contribution is 2.32. The molecule has 88 valence electrons. The Hall–Kier alpha value is -1.70. The first kappa shape index (κ1) is 11.8. The molecule has 2 heteroatoms. The van der Waals surface area contributed by atoms with Crippen LogP contribution in [0.1, 0.15) is 32.8 Å². The molecule has 0 saturated carbocycles. The summed E-state index contributed by atoms with van der Waals surface area (Å²) in [5.41, 5.74) is 1.08. The molecule has 2 nitrogen and oxygen atoms in total. The van der Waals surface area contributed by atoms with Crippen LogP contribution in [0.25, 0.3) is 10.8 Å². The van der Waals surface area contributed by atoms with Crippen molar-refractivity contribution in [3.63, 3.8) is 0 Å². The van der Waals surface area contributed by atoms with Crippen LogP contribution < -0.4 is 0 Å². The number of ketones is 1. The molecule has 0 saturated heterocycles. The standard InChI is InChI=1S/C15H17NO/c1-11(17)9-15(2,3)14-6-4-5-12-10-16-8-7-13(12)14/h4-8,10H,9H2,1-3H3. The van der Waals surface area contributed by atoms with Crippen LogP contribution in [0.2, 0.25) is 0 Å². The summed E-state index contributed by atoms with van der Waals surface area (Å²) in [6.07, 6.45) is 4.23. The quantitative estimate of drug-likeness (QED) is 0.803. The molecule has 0 aliphatic rings. The lowest BCUT2D eigenvalue weighted by Gasteiger charge is -2.25. The van der Waals surface area contributed by atoms with Crippen LogP contribution in [0.3, 0.4) is 0 Å². The number of aromatic nitrogens is 1. The summed E-state index contributed by atoms with van der Waals surface area (Å²) >= 11 is 0. The van der Waals surface area contributed by atoms with Crippen LogP contribution >= 0.6 is 0 Å². The predicted octanol–water partition coefficient (Wildman–Crippen LogP) is 3.49. The van der Waals surface area contributed by atoms with Gasteiger partial charge in [0.05, 0.1) is 0 Å². The summed E-state index contributed by atoms with van der Waals surface area (Å²) in [5.74, 6) is 0.223. The minimum Gasteiger partial charge on any atom is -0.300 e. The SMILES string of the molecule is CC(=O)CC(C)(C)c1cccc2cnccc12. The minimum atomic E-state index is -0.132. The lowest BCUT2D eigenvalue weighted by molar-refractivity contribution is -0.118. The Morgan fingerprint density at radius 1 is 1.29 bits per heavy atom. The third-order valence-electron chi connectivity index (χ3n) is 3.10. The number of hydrogen-bond donors (Lipinski definition) is 0. The first-order chi connectivity index (χ1) is 8.00. The van der Waals surface area contributed by atoms with Crippen LogP contribution in [-0.4, -0.2) is 10.8 Å². The molecule has 2 aromatic rings. The zero-order chi connectivity index (χ0) is 12.5. The van der Waals surface area contributed by atoms with E-state index in [1.807, 2.05) is 18.3 Å². The first-order valence-electron chi connectivity index (χ1n) is 5.83. The predicted molar refractivity (Wildman–Crippen MR) is 70.1 cm³/mol. The average molecular weight is 227 g/mol. The second-order valence-electron chi connectivity index (χ2n) is 5.17. The molecule has 1 aromatic heterocycles. The molecule has 0 fully saturated rings. The minimum absolute atomic E-state index is 0.132. The smallest absolute Gasteiger partial charge is 0.130 e. The highest BCUT2D eigenvalue weighted by molar-refractivity contribution is 5.87. The molecule has 0 aliphatic heterocycles. The summed E-state index contributed by atoms with van der Waals surface area (Å²) < 4.78 is 0. The highest BCUT2D eigenvalue weighted by atomic mass is 16.1. The fraction of sp³-hybridized carbons (Fsp3) is 0.333. The van der Waals surface area contributed by atoms with Gasteiger partial charge in [-0.1, -0.05) is 32.0 Å². The Morgan fingerprint density at radius 2 is 2.06 bits per heavy atom. The summed E-state index contributed by atoms with van der Waals surface area (Å²) in [4.78, 5) is 15.5. The van der Waals surface area contributed by atoms with Crippen LogP contribution in [0.4, 0.5) is 0 Å². The van der Waals surface area contributed by atoms with Gasteiger partial charge in [0.2, 0.25) is 0 Å². The lowest BCUT2D eigenvalue weighted by atomic mass is 9.78. The van der Waals surface area contributed by atoms with Crippen molar-refractivity contribution in [3.8, 4) is 0 Å². The van der Waals surface area contributed by atoms with E-state index in [1.54, 1.807) is 13.1 Å². The molecule has 0 atom stereocenters. The number of Topliss-reactive ketones (excluding diaryl/α,β-unsaturated/α-hetero) is 1. The largest absolute Gasteiger partial charge is 0.300 e. The summed E-state index contributed by atoms with van der Waals surface area (Å²) in [7, 11) is 0. The molecule has 1 aromatic carbocycles. The van der Waals surface area contributed by atoms with Crippen LogP contribution in [0, 0.1) is 0 Å². The van der Waals surface area contributed by atoms with Gasteiger partial charge in [-0.15, -0.1) is 0 Å². The number of rotatable bonds is 3. The molecule has 0 radical (unpaired) electrons. The third-order valence-corrected chi connectivity index (χ3v) is 3.10. The van der Waals surface area contributed by atoms with Crippen LogP contribution in [0.5, 0.6) is 0 Å². The van der Waals surface area contributed by atoms with E-state index in [9.17, 15) is 4.79 Å².